The molecule has 0 aliphatic carbocycles. The minimum absolute atomic E-state index is 0.271. The summed E-state index contributed by atoms with van der Waals surface area (Å²) in [4.78, 5) is 49.4. The quantitative estimate of drug-likeness (QED) is 0.266. The van der Waals surface area contributed by atoms with E-state index in [1.165, 1.54) is 18.7 Å². The second-order valence-corrected chi connectivity index (χ2v) is 9.06. The van der Waals surface area contributed by atoms with Crippen LogP contribution in [-0.2, 0) is 25.6 Å². The molecule has 1 rings (SSSR count). The van der Waals surface area contributed by atoms with Crippen molar-refractivity contribution in [3.8, 4) is 0 Å². The van der Waals surface area contributed by atoms with Crippen LogP contribution in [0, 0.1) is 5.92 Å². The maximum atomic E-state index is 12.8. The summed E-state index contributed by atoms with van der Waals surface area (Å²) in [6.45, 7) is 5.09. The van der Waals surface area contributed by atoms with Gasteiger partial charge in [0.25, 0.3) is 0 Å². The first-order valence-electron chi connectivity index (χ1n) is 11.0. The van der Waals surface area contributed by atoms with Gasteiger partial charge in [-0.25, -0.2) is 4.79 Å². The molecule has 0 fully saturated rings. The Kier molecular flexibility index (Phi) is 12.5. The lowest BCUT2D eigenvalue weighted by Crippen LogP contribution is -2.57. The summed E-state index contributed by atoms with van der Waals surface area (Å²) in [5, 5.41) is 17.2. The minimum Gasteiger partial charge on any atom is -0.480 e. The first kappa shape index (κ1) is 28.4. The molecule has 0 radical (unpaired) electrons. The van der Waals surface area contributed by atoms with Crippen LogP contribution in [0.1, 0.15) is 39.2 Å². The molecule has 10 heteroatoms. The lowest BCUT2D eigenvalue weighted by atomic mass is 9.98. The van der Waals surface area contributed by atoms with Gasteiger partial charge in [0.2, 0.25) is 17.7 Å². The summed E-state index contributed by atoms with van der Waals surface area (Å²) in [6.07, 6.45) is 3.09. The van der Waals surface area contributed by atoms with Crippen molar-refractivity contribution in [1.29, 1.82) is 0 Å². The largest absolute Gasteiger partial charge is 0.480 e. The molecule has 1 aromatic rings. The van der Waals surface area contributed by atoms with E-state index in [1.54, 1.807) is 6.92 Å². The maximum Gasteiger partial charge on any atom is 0.326 e. The molecule has 184 valence electrons. The first-order valence-corrected chi connectivity index (χ1v) is 12.4. The van der Waals surface area contributed by atoms with Crippen LogP contribution in [0.25, 0.3) is 0 Å². The maximum absolute atomic E-state index is 12.8. The van der Waals surface area contributed by atoms with Gasteiger partial charge in [0, 0.05) is 0 Å². The molecule has 6 N–H and O–H groups in total. The third-order valence-electron chi connectivity index (χ3n) is 5.41. The highest BCUT2D eigenvalue weighted by atomic mass is 32.2. The molecule has 33 heavy (non-hydrogen) atoms. The van der Waals surface area contributed by atoms with E-state index in [9.17, 15) is 24.3 Å². The van der Waals surface area contributed by atoms with E-state index in [1.807, 2.05) is 43.5 Å². The molecule has 0 heterocycles. The summed E-state index contributed by atoms with van der Waals surface area (Å²) in [5.41, 5.74) is 6.87. The van der Waals surface area contributed by atoms with E-state index >= 15 is 0 Å². The number of carboxylic acids is 1. The Bertz CT molecular complexity index is 792. The van der Waals surface area contributed by atoms with Crippen molar-refractivity contribution in [3.63, 3.8) is 0 Å². The number of hydrogen-bond acceptors (Lipinski definition) is 6. The zero-order valence-electron chi connectivity index (χ0n) is 19.7. The van der Waals surface area contributed by atoms with Gasteiger partial charge in [0.15, 0.2) is 0 Å². The van der Waals surface area contributed by atoms with Crippen molar-refractivity contribution in [3.05, 3.63) is 35.9 Å². The minimum atomic E-state index is -1.12. The third-order valence-corrected chi connectivity index (χ3v) is 6.05. The fourth-order valence-electron chi connectivity index (χ4n) is 3.08. The highest BCUT2D eigenvalue weighted by molar-refractivity contribution is 7.98. The molecule has 0 aromatic heterocycles. The number of nitrogens with one attached hydrogen (secondary N) is 3. The SMILES string of the molecule is CCC(C)C(NC(=O)C(CCSC)NC(=O)C(C)NC(=O)C(N)Cc1ccccc1)C(=O)O. The number of aliphatic carboxylic acids is 1. The van der Waals surface area contributed by atoms with Gasteiger partial charge in [0.1, 0.15) is 18.1 Å². The van der Waals surface area contributed by atoms with Crippen molar-refractivity contribution in [2.45, 2.75) is 64.2 Å². The van der Waals surface area contributed by atoms with Crippen molar-refractivity contribution in [1.82, 2.24) is 16.0 Å². The van der Waals surface area contributed by atoms with Gasteiger partial charge in [-0.1, -0.05) is 50.6 Å². The number of carbonyl (C=O) groups excluding carboxylic acids is 3. The number of nitrogens with two attached hydrogens (primary N) is 1. The molecule has 0 aliphatic rings. The van der Waals surface area contributed by atoms with E-state index in [4.69, 9.17) is 5.73 Å². The first-order chi connectivity index (χ1) is 15.6. The summed E-state index contributed by atoms with van der Waals surface area (Å²) in [6, 6.07) is 5.57. The fourth-order valence-corrected chi connectivity index (χ4v) is 3.56. The average molecular weight is 481 g/mol. The normalized spacial score (nSPS) is 15.4. The average Bonchev–Trinajstić information content (AvgIpc) is 2.79. The fraction of sp³-hybridized carbons (Fsp3) is 0.565. The Balaban J connectivity index is 2.74. The van der Waals surface area contributed by atoms with Crippen LogP contribution < -0.4 is 21.7 Å². The van der Waals surface area contributed by atoms with Crippen molar-refractivity contribution in [2.75, 3.05) is 12.0 Å². The highest BCUT2D eigenvalue weighted by Gasteiger charge is 2.30. The van der Waals surface area contributed by atoms with Crippen LogP contribution in [0.4, 0.5) is 0 Å². The monoisotopic (exact) mass is 480 g/mol. The molecule has 3 amide bonds. The molecule has 9 nitrogen and oxygen atoms in total. The molecule has 0 saturated carbocycles. The van der Waals surface area contributed by atoms with Gasteiger partial charge in [-0.15, -0.1) is 0 Å². The molecule has 0 aliphatic heterocycles. The van der Waals surface area contributed by atoms with Crippen LogP contribution >= 0.6 is 11.8 Å². The summed E-state index contributed by atoms with van der Waals surface area (Å²) >= 11 is 1.50. The standard InChI is InChI=1S/C23H36N4O5S/c1-5-14(2)19(23(31)32)27-22(30)18(11-12-33-4)26-20(28)15(3)25-21(29)17(24)13-16-9-7-6-8-10-16/h6-10,14-15,17-19H,5,11-13,24H2,1-4H3,(H,25,29)(H,26,28)(H,27,30)(H,31,32). The van der Waals surface area contributed by atoms with Crippen LogP contribution in [0.5, 0.6) is 0 Å². The topological polar surface area (TPSA) is 151 Å². The molecular weight excluding hydrogens is 444 g/mol. The zero-order chi connectivity index (χ0) is 25.0. The van der Waals surface area contributed by atoms with E-state index in [0.29, 0.717) is 25.0 Å². The van der Waals surface area contributed by atoms with Gasteiger partial charge in [-0.2, -0.15) is 11.8 Å². The Hall–Kier alpha value is -2.59. The number of thioether (sulfide) groups is 1. The van der Waals surface area contributed by atoms with Crippen molar-refractivity contribution < 1.29 is 24.3 Å². The molecule has 5 atom stereocenters. The lowest BCUT2D eigenvalue weighted by molar-refractivity contribution is -0.143. The van der Waals surface area contributed by atoms with Crippen molar-refractivity contribution in [2.24, 2.45) is 11.7 Å². The molecule has 5 unspecified atom stereocenters. The number of benzene rings is 1. The Morgan fingerprint density at radius 2 is 1.64 bits per heavy atom. The third kappa shape index (κ3) is 9.83. The number of rotatable bonds is 14. The van der Waals surface area contributed by atoms with Gasteiger partial charge >= 0.3 is 5.97 Å². The predicted molar refractivity (Wildman–Crippen MR) is 130 cm³/mol. The van der Waals surface area contributed by atoms with Crippen LogP contribution in [0.2, 0.25) is 0 Å². The second kappa shape index (κ2) is 14.5. The van der Waals surface area contributed by atoms with E-state index in [-0.39, 0.29) is 5.92 Å². The highest BCUT2D eigenvalue weighted by Crippen LogP contribution is 2.10. The van der Waals surface area contributed by atoms with Crippen molar-refractivity contribution >= 4 is 35.5 Å². The number of amides is 3. The summed E-state index contributed by atoms with van der Waals surface area (Å²) < 4.78 is 0. The smallest absolute Gasteiger partial charge is 0.326 e. The molecule has 0 bridgehead atoms. The Morgan fingerprint density at radius 3 is 2.18 bits per heavy atom. The lowest BCUT2D eigenvalue weighted by Gasteiger charge is -2.25. The molecular formula is C23H36N4O5S. The van der Waals surface area contributed by atoms with E-state index < -0.39 is 47.9 Å². The van der Waals surface area contributed by atoms with Gasteiger partial charge in [-0.3, -0.25) is 14.4 Å². The second-order valence-electron chi connectivity index (χ2n) is 8.08. The zero-order valence-corrected chi connectivity index (χ0v) is 20.5. The molecule has 0 spiro atoms. The Labute approximate surface area is 199 Å². The molecule has 1 aromatic carbocycles. The predicted octanol–water partition coefficient (Wildman–Crippen LogP) is 0.915. The molecule has 0 saturated heterocycles. The van der Waals surface area contributed by atoms with E-state index in [2.05, 4.69) is 16.0 Å². The van der Waals surface area contributed by atoms with Crippen LogP contribution in [0.3, 0.4) is 0 Å². The van der Waals surface area contributed by atoms with Gasteiger partial charge in [0.05, 0.1) is 6.04 Å². The Morgan fingerprint density at radius 1 is 1.00 bits per heavy atom. The van der Waals surface area contributed by atoms with Crippen LogP contribution in [-0.4, -0.2) is 65.0 Å². The number of carbonyl (C=O) groups is 4. The number of hydrogen-bond donors (Lipinski definition) is 5. The van der Waals surface area contributed by atoms with Gasteiger partial charge in [-0.05, 0) is 43.3 Å². The summed E-state index contributed by atoms with van der Waals surface area (Å²) in [5.74, 6) is -2.40. The number of carboxylic acid groups (broad SMARTS) is 1. The van der Waals surface area contributed by atoms with Gasteiger partial charge < -0.3 is 26.8 Å². The van der Waals surface area contributed by atoms with E-state index in [0.717, 1.165) is 5.56 Å². The summed E-state index contributed by atoms with van der Waals surface area (Å²) in [7, 11) is 0. The van der Waals surface area contributed by atoms with Crippen LogP contribution in [0.15, 0.2) is 30.3 Å².